The molecule has 4 heterocycles. The van der Waals surface area contributed by atoms with Crippen LogP contribution in [0.3, 0.4) is 0 Å². The van der Waals surface area contributed by atoms with Crippen LogP contribution in [0.1, 0.15) is 136 Å². The molecule has 0 saturated heterocycles. The summed E-state index contributed by atoms with van der Waals surface area (Å²) in [5.41, 5.74) is 41.6. The molecule has 12 rings (SSSR count). The van der Waals surface area contributed by atoms with Gasteiger partial charge in [0, 0.05) is 48.4 Å². The van der Waals surface area contributed by atoms with Crippen molar-refractivity contribution < 1.29 is 91.2 Å². The Bertz CT molecular complexity index is 3690. The molecule has 0 fully saturated rings. The van der Waals surface area contributed by atoms with E-state index in [4.69, 9.17) is 22.4 Å². The van der Waals surface area contributed by atoms with Crippen molar-refractivity contribution in [1.82, 2.24) is 0 Å². The summed E-state index contributed by atoms with van der Waals surface area (Å²) in [5, 5.41) is 0. The van der Waals surface area contributed by atoms with E-state index in [2.05, 4.69) is 426 Å². The zero-order chi connectivity index (χ0) is 77.7. The number of terminal acetylenes is 2. The Balaban J connectivity index is 0. The molecular weight excluding hydrogens is 1560 g/mol. The van der Waals surface area contributed by atoms with E-state index in [1.807, 2.05) is 0 Å². The SMILES string of the molecule is C#CC#CC#C.Cc1cc(C)c(N2C=CN(c3c(C)cc(C)cc3C)[CH-]2)c(C)c1.Cc1cc(C)c(N2C=CN(c3c(C)cc(C)cc3C)[CH-]2)c(C)c1.Cc1cc(C)c(N2C=CN(c3c(C)cc(C)cc3C)[CH-]2)c(C)c1.Cc1cc(C)c(N2C=CN(c3c(C)cc(C)cc3C)[CH-]2)c(C)c1.[CH-]=O.[CH-]=O.[CH3-].[Cl-].[Cl][RuH].[HH].[HH].[Na+].[RuH+3]. The second-order valence-electron chi connectivity index (χ2n) is 27.4. The van der Waals surface area contributed by atoms with E-state index in [0.29, 0.717) is 0 Å². The van der Waals surface area contributed by atoms with Crippen LogP contribution in [0.25, 0.3) is 0 Å². The first-order chi connectivity index (χ1) is 49.4. The Morgan fingerprint density at radius 1 is 0.269 bits per heavy atom. The van der Waals surface area contributed by atoms with Gasteiger partial charge in [-0.2, -0.15) is 0 Å². The minimum atomic E-state index is 0. The van der Waals surface area contributed by atoms with Gasteiger partial charge in [-0.25, -0.2) is 0 Å². The second kappa shape index (κ2) is 45.8. The molecule has 1 radical (unpaired) electrons. The molecule has 0 amide bonds. The van der Waals surface area contributed by atoms with Gasteiger partial charge in [0.1, 0.15) is 0 Å². The molecule has 8 aromatic rings. The predicted molar refractivity (Wildman–Crippen MR) is 457 cm³/mol. The molecule has 0 atom stereocenters. The van der Waals surface area contributed by atoms with Crippen molar-refractivity contribution in [2.45, 2.75) is 166 Å². The summed E-state index contributed by atoms with van der Waals surface area (Å²) in [7, 11) is 4.61. The molecule has 4 aliphatic heterocycles. The van der Waals surface area contributed by atoms with Crippen LogP contribution in [0.15, 0.2) is 147 Å². The molecule has 15 heteroatoms. The molecule has 0 saturated carbocycles. The minimum absolute atomic E-state index is 0. The summed E-state index contributed by atoms with van der Waals surface area (Å²) in [5.74, 6) is 8.61. The summed E-state index contributed by atoms with van der Waals surface area (Å²) in [6, 6.07) is 35.9. The number of anilines is 8. The summed E-state index contributed by atoms with van der Waals surface area (Å²) in [6.07, 6.45) is 26.5. The summed E-state index contributed by atoms with van der Waals surface area (Å²) in [4.78, 5) is 33.3. The average Bonchev–Trinajstić information content (AvgIpc) is 1.66. The maximum absolute atomic E-state index is 7.75. The molecule has 0 unspecified atom stereocenters. The molecule has 0 aromatic heterocycles. The van der Waals surface area contributed by atoms with Crippen molar-refractivity contribution in [3.05, 3.63) is 314 Å². The molecule has 8 aromatic carbocycles. The van der Waals surface area contributed by atoms with Crippen LogP contribution >= 0.6 is 9.69 Å². The number of aryl methyl sites for hydroxylation is 24. The fraction of sp³-hybridized carbons (Fsp3) is 0.258. The quantitative estimate of drug-likeness (QED) is 0.0636. The Labute approximate surface area is 709 Å². The van der Waals surface area contributed by atoms with E-state index in [-0.39, 0.29) is 71.7 Å². The molecule has 0 aliphatic carbocycles. The average molecular weight is 1670 g/mol. The maximum atomic E-state index is 7.75. The van der Waals surface area contributed by atoms with Crippen molar-refractivity contribution in [2.24, 2.45) is 0 Å². The molecule has 108 heavy (non-hydrogen) atoms. The fourth-order valence-corrected chi connectivity index (χ4v) is 15.2. The third-order valence-corrected chi connectivity index (χ3v) is 17.9. The van der Waals surface area contributed by atoms with Crippen LogP contribution in [-0.4, -0.2) is 13.6 Å². The van der Waals surface area contributed by atoms with Gasteiger partial charge in [0.2, 0.25) is 0 Å². The first-order valence-electron chi connectivity index (χ1n) is 34.4. The van der Waals surface area contributed by atoms with E-state index >= 15 is 0 Å². The summed E-state index contributed by atoms with van der Waals surface area (Å²) < 4.78 is 0. The van der Waals surface area contributed by atoms with E-state index in [0.717, 1.165) is 0 Å². The van der Waals surface area contributed by atoms with Crippen molar-refractivity contribution in [1.29, 1.82) is 0 Å². The van der Waals surface area contributed by atoms with E-state index in [9.17, 15) is 0 Å². The molecule has 0 N–H and O–H groups in total. The van der Waals surface area contributed by atoms with Crippen molar-refractivity contribution in [2.75, 3.05) is 39.2 Å². The monoisotopic (exact) mass is 1670 g/mol. The van der Waals surface area contributed by atoms with Gasteiger partial charge in [0.15, 0.2) is 0 Å². The Morgan fingerprint density at radius 3 is 0.426 bits per heavy atom. The Kier molecular flexibility index (Phi) is 41.6. The van der Waals surface area contributed by atoms with E-state index in [1.54, 1.807) is 17.3 Å². The van der Waals surface area contributed by atoms with Crippen LogP contribution in [0.2, 0.25) is 0 Å². The van der Waals surface area contributed by atoms with E-state index < -0.39 is 0 Å². The van der Waals surface area contributed by atoms with Crippen LogP contribution in [0.5, 0.6) is 0 Å². The van der Waals surface area contributed by atoms with Gasteiger partial charge in [-0.15, -0.1) is 39.5 Å². The fourth-order valence-electron chi connectivity index (χ4n) is 15.2. The van der Waals surface area contributed by atoms with Gasteiger partial charge < -0.3 is 68.6 Å². The molecule has 10 nitrogen and oxygen atoms in total. The van der Waals surface area contributed by atoms with E-state index in [1.165, 1.54) is 179 Å². The third-order valence-electron chi connectivity index (χ3n) is 17.9. The van der Waals surface area contributed by atoms with Crippen molar-refractivity contribution in [3.8, 4) is 36.5 Å². The molecule has 0 bridgehead atoms. The van der Waals surface area contributed by atoms with Gasteiger partial charge in [0.05, 0.1) is 0 Å². The van der Waals surface area contributed by atoms with Gasteiger partial charge >= 0.3 is 76.0 Å². The summed E-state index contributed by atoms with van der Waals surface area (Å²) in [6.45, 7) is 67.3. The zero-order valence-electron chi connectivity index (χ0n) is 68.4. The first-order valence-corrected chi connectivity index (χ1v) is 36.8. The molecule has 4 aliphatic rings. The van der Waals surface area contributed by atoms with Gasteiger partial charge in [-0.3, -0.25) is 13.6 Å². The topological polar surface area (TPSA) is 60.1 Å². The molecular formula is C93H113Cl2N8NaO2Ru2-4. The standard InChI is InChI=1S/4C21H25N2.C6H2.2CHO.CH3.2ClH.Na.2Ru.2H2.2H/c4*1-14-9-16(3)20(17(4)10-14)22-7-8-23(13-22)21-18(5)11-15(2)12-19(21)6;1-3-5-6-4-2;2*1-2;;;;;;;;;;/h4*7-13H,1-6H3;1-2H;2*1H;1H3;2*1H;;;;2*1H;;/q4*-1;;3*-1;;;2*+1;+3;;;;/p-2. The second-order valence-corrected chi connectivity index (χ2v) is 27.4. The Morgan fingerprint density at radius 2 is 0.352 bits per heavy atom. The van der Waals surface area contributed by atoms with Gasteiger partial charge in [-0.05, 0) is 328 Å². The normalized spacial score (nSPS) is 12.2. The van der Waals surface area contributed by atoms with Crippen molar-refractivity contribution in [3.63, 3.8) is 0 Å². The number of hydrogen-bond acceptors (Lipinski definition) is 10. The van der Waals surface area contributed by atoms with Crippen molar-refractivity contribution >= 4 is 68.8 Å². The van der Waals surface area contributed by atoms with Crippen LogP contribution in [0.4, 0.5) is 45.5 Å². The number of nitrogens with zero attached hydrogens (tertiary/aromatic N) is 8. The number of benzene rings is 8. The predicted octanol–water partition coefficient (Wildman–Crippen LogP) is 16.6. The third kappa shape index (κ3) is 25.3. The number of carbonyl (C=O) groups excluding carboxylic acids is 2. The summed E-state index contributed by atoms with van der Waals surface area (Å²) >= 11 is 1.62. The van der Waals surface area contributed by atoms with Gasteiger partial charge in [-0.1, -0.05) is 142 Å². The Hall–Kier alpha value is -8.03. The first kappa shape index (κ1) is 98.0. The molecule has 0 spiro atoms. The zero-order valence-corrected chi connectivity index (χ0v) is 75.6. The molecule has 572 valence electrons. The van der Waals surface area contributed by atoms with Crippen LogP contribution in [0, 0.1) is 237 Å². The van der Waals surface area contributed by atoms with Crippen LogP contribution < -0.4 is 81.2 Å². The number of halogens is 2. The van der Waals surface area contributed by atoms with Crippen LogP contribution in [-0.2, 0) is 46.4 Å². The number of rotatable bonds is 8. The number of hydrogen-bond donors (Lipinski definition) is 0. The van der Waals surface area contributed by atoms with Gasteiger partial charge in [0.25, 0.3) is 0 Å².